The summed E-state index contributed by atoms with van der Waals surface area (Å²) in [6.45, 7) is 6.62. The van der Waals surface area contributed by atoms with Gasteiger partial charge in [0.15, 0.2) is 0 Å². The third-order valence-electron chi connectivity index (χ3n) is 3.02. The van der Waals surface area contributed by atoms with Crippen LogP contribution >= 0.6 is 0 Å². The molecule has 0 saturated carbocycles. The predicted octanol–water partition coefficient (Wildman–Crippen LogP) is 0.240. The molecule has 1 fully saturated rings. The molecule has 1 aliphatic heterocycles. The number of nitrogens with one attached hydrogen (secondary N) is 1. The lowest BCUT2D eigenvalue weighted by Gasteiger charge is -2.25. The molecule has 0 atom stereocenters. The van der Waals surface area contributed by atoms with Crippen LogP contribution in [0, 0.1) is 6.92 Å². The number of rotatable bonds is 3. The van der Waals surface area contributed by atoms with Gasteiger partial charge in [-0.1, -0.05) is 5.16 Å². The Bertz CT molecular complexity index is 531. The Morgan fingerprint density at radius 1 is 1.21 bits per heavy atom. The first-order valence-electron chi connectivity index (χ1n) is 6.36. The number of nitrogens with zero attached hydrogens (tertiary/aromatic N) is 5. The van der Waals surface area contributed by atoms with E-state index < -0.39 is 0 Å². The lowest BCUT2D eigenvalue weighted by molar-refractivity contribution is 0.203. The number of piperazine rings is 1. The lowest BCUT2D eigenvalue weighted by atomic mass is 10.3. The molecule has 0 radical (unpaired) electrons. The van der Waals surface area contributed by atoms with Gasteiger partial charge in [-0.05, 0) is 12.5 Å². The van der Waals surface area contributed by atoms with Gasteiger partial charge in [0.05, 0.1) is 6.54 Å². The molecule has 0 aliphatic carbocycles. The topological polar surface area (TPSA) is 80.0 Å². The summed E-state index contributed by atoms with van der Waals surface area (Å²) in [6, 6.07) is 0. The number of hydrogen-bond donors (Lipinski definition) is 1. The SMILES string of the molecule is Cc1cnc(-c2noc(CN3CCNCC3)n2)nc1. The Morgan fingerprint density at radius 2 is 1.95 bits per heavy atom. The molecule has 0 amide bonds. The highest BCUT2D eigenvalue weighted by molar-refractivity contribution is 5.40. The van der Waals surface area contributed by atoms with Crippen molar-refractivity contribution >= 4 is 0 Å². The van der Waals surface area contributed by atoms with Gasteiger partial charge in [-0.25, -0.2) is 9.97 Å². The smallest absolute Gasteiger partial charge is 0.241 e. The van der Waals surface area contributed by atoms with Gasteiger partial charge in [0.1, 0.15) is 0 Å². The zero-order chi connectivity index (χ0) is 13.1. The second-order valence-electron chi connectivity index (χ2n) is 4.62. The molecule has 0 bridgehead atoms. The molecule has 1 aliphatic rings. The van der Waals surface area contributed by atoms with Crippen molar-refractivity contribution in [2.24, 2.45) is 0 Å². The first-order valence-corrected chi connectivity index (χ1v) is 6.36. The molecule has 2 aromatic rings. The van der Waals surface area contributed by atoms with Crippen molar-refractivity contribution in [3.63, 3.8) is 0 Å². The van der Waals surface area contributed by atoms with E-state index in [1.165, 1.54) is 0 Å². The maximum Gasteiger partial charge on any atom is 0.241 e. The molecule has 0 unspecified atom stereocenters. The van der Waals surface area contributed by atoms with Crippen molar-refractivity contribution in [2.45, 2.75) is 13.5 Å². The van der Waals surface area contributed by atoms with Gasteiger partial charge < -0.3 is 9.84 Å². The van der Waals surface area contributed by atoms with Crippen LogP contribution in [-0.2, 0) is 6.54 Å². The second kappa shape index (κ2) is 5.41. The highest BCUT2D eigenvalue weighted by Crippen LogP contribution is 2.11. The summed E-state index contributed by atoms with van der Waals surface area (Å²) in [5.74, 6) is 1.56. The average Bonchev–Trinajstić information content (AvgIpc) is 2.89. The molecular weight excluding hydrogens is 244 g/mol. The number of aromatic nitrogens is 4. The summed E-state index contributed by atoms with van der Waals surface area (Å²) < 4.78 is 5.25. The largest absolute Gasteiger partial charge is 0.337 e. The van der Waals surface area contributed by atoms with Crippen LogP contribution in [-0.4, -0.2) is 51.2 Å². The van der Waals surface area contributed by atoms with Crippen LogP contribution in [0.15, 0.2) is 16.9 Å². The quantitative estimate of drug-likeness (QED) is 0.846. The van der Waals surface area contributed by atoms with Crippen LogP contribution in [0.5, 0.6) is 0 Å². The molecule has 19 heavy (non-hydrogen) atoms. The van der Waals surface area contributed by atoms with Crippen molar-refractivity contribution < 1.29 is 4.52 Å². The van der Waals surface area contributed by atoms with Gasteiger partial charge >= 0.3 is 0 Å². The summed E-state index contributed by atoms with van der Waals surface area (Å²) in [5, 5.41) is 7.24. The van der Waals surface area contributed by atoms with E-state index >= 15 is 0 Å². The minimum absolute atomic E-state index is 0.449. The fraction of sp³-hybridized carbons (Fsp3) is 0.500. The molecule has 1 saturated heterocycles. The molecule has 0 aromatic carbocycles. The lowest BCUT2D eigenvalue weighted by Crippen LogP contribution is -2.42. The van der Waals surface area contributed by atoms with Crippen LogP contribution in [0.25, 0.3) is 11.6 Å². The molecule has 7 nitrogen and oxygen atoms in total. The molecule has 3 rings (SSSR count). The van der Waals surface area contributed by atoms with Gasteiger partial charge in [-0.2, -0.15) is 4.98 Å². The average molecular weight is 260 g/mol. The Labute approximate surface area is 111 Å². The van der Waals surface area contributed by atoms with E-state index in [0.29, 0.717) is 24.1 Å². The van der Waals surface area contributed by atoms with Gasteiger partial charge in [0.25, 0.3) is 0 Å². The van der Waals surface area contributed by atoms with E-state index in [4.69, 9.17) is 4.52 Å². The minimum Gasteiger partial charge on any atom is -0.337 e. The zero-order valence-corrected chi connectivity index (χ0v) is 10.8. The van der Waals surface area contributed by atoms with Crippen LogP contribution in [0.2, 0.25) is 0 Å². The van der Waals surface area contributed by atoms with E-state index in [-0.39, 0.29) is 0 Å². The molecule has 7 heteroatoms. The normalized spacial score (nSPS) is 16.7. The summed E-state index contributed by atoms with van der Waals surface area (Å²) >= 11 is 0. The Kier molecular flexibility index (Phi) is 3.47. The van der Waals surface area contributed by atoms with Crippen molar-refractivity contribution in [2.75, 3.05) is 26.2 Å². The monoisotopic (exact) mass is 260 g/mol. The van der Waals surface area contributed by atoms with Gasteiger partial charge in [0, 0.05) is 38.6 Å². The molecule has 0 spiro atoms. The highest BCUT2D eigenvalue weighted by atomic mass is 16.5. The molecule has 1 N–H and O–H groups in total. The fourth-order valence-electron chi connectivity index (χ4n) is 1.98. The van der Waals surface area contributed by atoms with Crippen LogP contribution in [0.1, 0.15) is 11.5 Å². The van der Waals surface area contributed by atoms with Gasteiger partial charge in [-0.15, -0.1) is 0 Å². The van der Waals surface area contributed by atoms with Crippen molar-refractivity contribution in [3.05, 3.63) is 23.8 Å². The third-order valence-corrected chi connectivity index (χ3v) is 3.02. The fourth-order valence-corrected chi connectivity index (χ4v) is 1.98. The van der Waals surface area contributed by atoms with Crippen molar-refractivity contribution in [1.82, 2.24) is 30.3 Å². The Balaban J connectivity index is 1.70. The molecule has 2 aromatic heterocycles. The van der Waals surface area contributed by atoms with Crippen LogP contribution in [0.4, 0.5) is 0 Å². The number of hydrogen-bond acceptors (Lipinski definition) is 7. The first-order chi connectivity index (χ1) is 9.31. The van der Waals surface area contributed by atoms with Crippen LogP contribution < -0.4 is 5.32 Å². The first kappa shape index (κ1) is 12.2. The summed E-state index contributed by atoms with van der Waals surface area (Å²) in [5.41, 5.74) is 1.01. The standard InChI is InChI=1S/C12H16N6O/c1-9-6-14-11(15-7-9)12-16-10(19-17-12)8-18-4-2-13-3-5-18/h6-7,13H,2-5,8H2,1H3. The van der Waals surface area contributed by atoms with E-state index in [9.17, 15) is 0 Å². The van der Waals surface area contributed by atoms with E-state index in [1.807, 2.05) is 6.92 Å². The molecule has 3 heterocycles. The van der Waals surface area contributed by atoms with E-state index in [1.54, 1.807) is 12.4 Å². The number of aryl methyl sites for hydroxylation is 1. The summed E-state index contributed by atoms with van der Waals surface area (Å²) in [7, 11) is 0. The maximum absolute atomic E-state index is 5.25. The van der Waals surface area contributed by atoms with Crippen LogP contribution in [0.3, 0.4) is 0 Å². The zero-order valence-electron chi connectivity index (χ0n) is 10.8. The summed E-state index contributed by atoms with van der Waals surface area (Å²) in [4.78, 5) is 15.0. The van der Waals surface area contributed by atoms with Crippen molar-refractivity contribution in [1.29, 1.82) is 0 Å². The maximum atomic E-state index is 5.25. The molecule has 100 valence electrons. The third kappa shape index (κ3) is 2.94. The second-order valence-corrected chi connectivity index (χ2v) is 4.62. The Hall–Kier alpha value is -1.86. The minimum atomic E-state index is 0.449. The predicted molar refractivity (Wildman–Crippen MR) is 68.2 cm³/mol. The highest BCUT2D eigenvalue weighted by Gasteiger charge is 2.15. The van der Waals surface area contributed by atoms with Gasteiger partial charge in [-0.3, -0.25) is 4.90 Å². The van der Waals surface area contributed by atoms with E-state index in [0.717, 1.165) is 31.7 Å². The van der Waals surface area contributed by atoms with Crippen molar-refractivity contribution in [3.8, 4) is 11.6 Å². The Morgan fingerprint density at radius 3 is 2.68 bits per heavy atom. The summed E-state index contributed by atoms with van der Waals surface area (Å²) in [6.07, 6.45) is 3.49. The van der Waals surface area contributed by atoms with Gasteiger partial charge in [0.2, 0.25) is 17.5 Å². The van der Waals surface area contributed by atoms with E-state index in [2.05, 4.69) is 30.3 Å². The molecular formula is C12H16N6O.